The van der Waals surface area contributed by atoms with Gasteiger partial charge in [0.05, 0.1) is 19.0 Å². The van der Waals surface area contributed by atoms with E-state index in [1.807, 2.05) is 30.5 Å². The lowest BCUT2D eigenvalue weighted by molar-refractivity contribution is -0.195. The molecule has 0 unspecified atom stereocenters. The highest BCUT2D eigenvalue weighted by Crippen LogP contribution is 2.43. The number of rotatable bonds is 6. The zero-order chi connectivity index (χ0) is 23.2. The van der Waals surface area contributed by atoms with Gasteiger partial charge in [0, 0.05) is 13.1 Å². The van der Waals surface area contributed by atoms with Gasteiger partial charge in [-0.05, 0) is 31.5 Å². The van der Waals surface area contributed by atoms with Crippen molar-refractivity contribution < 1.29 is 23.7 Å². The normalized spacial score (nSPS) is 25.9. The van der Waals surface area contributed by atoms with Gasteiger partial charge in [0.15, 0.2) is 23.5 Å². The summed E-state index contributed by atoms with van der Waals surface area (Å²) in [6.07, 6.45) is 1.66. The number of nitrogens with one attached hydrogen (secondary N) is 1. The summed E-state index contributed by atoms with van der Waals surface area (Å²) in [7, 11) is 1.37. The quantitative estimate of drug-likeness (QED) is 0.526. The zero-order valence-electron chi connectivity index (χ0n) is 18.6. The van der Waals surface area contributed by atoms with E-state index in [1.54, 1.807) is 18.5 Å². The molecule has 33 heavy (non-hydrogen) atoms. The van der Waals surface area contributed by atoms with Crippen molar-refractivity contribution >= 4 is 23.0 Å². The molecule has 4 heterocycles. The van der Waals surface area contributed by atoms with Gasteiger partial charge in [0.1, 0.15) is 30.2 Å². The molecule has 0 saturated carbocycles. The van der Waals surface area contributed by atoms with Crippen molar-refractivity contribution in [2.75, 3.05) is 19.4 Å². The second-order valence-corrected chi connectivity index (χ2v) is 8.54. The Labute approximate surface area is 190 Å². The summed E-state index contributed by atoms with van der Waals surface area (Å²) < 4.78 is 25.3. The third-order valence-electron chi connectivity index (χ3n) is 5.81. The van der Waals surface area contributed by atoms with Gasteiger partial charge in [0.2, 0.25) is 0 Å². The highest BCUT2D eigenvalue weighted by molar-refractivity contribution is 5.89. The van der Waals surface area contributed by atoms with Crippen molar-refractivity contribution in [3.63, 3.8) is 0 Å². The molecule has 1 aromatic carbocycles. The van der Waals surface area contributed by atoms with E-state index in [1.165, 1.54) is 13.4 Å². The predicted molar refractivity (Wildman–Crippen MR) is 117 cm³/mol. The fraction of sp³-hybridized carbons (Fsp3) is 0.455. The molecule has 2 saturated heterocycles. The maximum atomic E-state index is 11.8. The Morgan fingerprint density at radius 1 is 1.24 bits per heavy atom. The van der Waals surface area contributed by atoms with E-state index in [-0.39, 0.29) is 24.3 Å². The van der Waals surface area contributed by atoms with E-state index in [2.05, 4.69) is 20.3 Å². The SMILES string of the molecule is COC(=O)c1cccc(CNC[C@H]2O[C@@H](n3cnc4c(N)ncnc43)[C@@H]3OC(C)(C)O[C@@H]32)c1. The average molecular weight is 454 g/mol. The number of hydrogen-bond donors (Lipinski definition) is 2. The van der Waals surface area contributed by atoms with Gasteiger partial charge in [-0.3, -0.25) is 4.57 Å². The van der Waals surface area contributed by atoms with Gasteiger partial charge in [-0.15, -0.1) is 0 Å². The first-order chi connectivity index (χ1) is 15.9. The number of esters is 1. The molecule has 3 aromatic rings. The summed E-state index contributed by atoms with van der Waals surface area (Å²) in [6, 6.07) is 7.30. The lowest BCUT2D eigenvalue weighted by Gasteiger charge is -2.25. The summed E-state index contributed by atoms with van der Waals surface area (Å²) in [5.74, 6) is -0.795. The number of aromatic nitrogens is 4. The van der Waals surface area contributed by atoms with Crippen LogP contribution in [0.2, 0.25) is 0 Å². The number of carbonyl (C=O) groups excluding carboxylic acids is 1. The molecule has 2 fully saturated rings. The van der Waals surface area contributed by atoms with E-state index >= 15 is 0 Å². The van der Waals surface area contributed by atoms with Crippen LogP contribution in [-0.2, 0) is 25.5 Å². The highest BCUT2D eigenvalue weighted by atomic mass is 16.8. The molecule has 0 aliphatic carbocycles. The number of methoxy groups -OCH3 is 1. The Kier molecular flexibility index (Phi) is 5.49. The minimum atomic E-state index is -0.741. The average Bonchev–Trinajstić information content (AvgIpc) is 3.45. The fourth-order valence-electron chi connectivity index (χ4n) is 4.39. The fourth-order valence-corrected chi connectivity index (χ4v) is 4.39. The Hall–Kier alpha value is -3.12. The van der Waals surface area contributed by atoms with Crippen molar-refractivity contribution in [2.24, 2.45) is 0 Å². The van der Waals surface area contributed by atoms with Crippen molar-refractivity contribution in [2.45, 2.75) is 50.7 Å². The number of nitrogens with zero attached hydrogens (tertiary/aromatic N) is 4. The monoisotopic (exact) mass is 454 g/mol. The van der Waals surface area contributed by atoms with Gasteiger partial charge in [-0.25, -0.2) is 19.7 Å². The van der Waals surface area contributed by atoms with Crippen LogP contribution in [-0.4, -0.2) is 63.2 Å². The van der Waals surface area contributed by atoms with Crippen molar-refractivity contribution in [1.29, 1.82) is 0 Å². The molecule has 5 rings (SSSR count). The number of nitrogens with two attached hydrogens (primary N) is 1. The molecular formula is C22H26N6O5. The van der Waals surface area contributed by atoms with Crippen LogP contribution in [0.3, 0.4) is 0 Å². The molecule has 3 N–H and O–H groups in total. The number of carbonyl (C=O) groups is 1. The van der Waals surface area contributed by atoms with Crippen LogP contribution < -0.4 is 11.1 Å². The third-order valence-corrected chi connectivity index (χ3v) is 5.81. The van der Waals surface area contributed by atoms with E-state index in [0.717, 1.165) is 5.56 Å². The Morgan fingerprint density at radius 3 is 2.88 bits per heavy atom. The van der Waals surface area contributed by atoms with Crippen LogP contribution in [0, 0.1) is 0 Å². The molecule has 2 aliphatic rings. The minimum Gasteiger partial charge on any atom is -0.465 e. The number of ether oxygens (including phenoxy) is 4. The molecular weight excluding hydrogens is 428 g/mol. The summed E-state index contributed by atoms with van der Waals surface area (Å²) in [6.45, 7) is 4.84. The standard InChI is InChI=1S/C22H26N6O5/c1-22(2)32-16-14(9-24-8-12-5-4-6-13(7-12)21(29)30-3)31-20(17(16)33-22)28-11-27-15-18(23)25-10-26-19(15)28/h4-7,10-11,14,16-17,20,24H,8-9H2,1-3H3,(H2,23,25,26)/t14-,16-,17-,20-/m1/s1. The number of hydrogen-bond acceptors (Lipinski definition) is 10. The van der Waals surface area contributed by atoms with Crippen LogP contribution in [0.5, 0.6) is 0 Å². The molecule has 0 spiro atoms. The summed E-state index contributed by atoms with van der Waals surface area (Å²) >= 11 is 0. The number of benzene rings is 1. The second-order valence-electron chi connectivity index (χ2n) is 8.54. The van der Waals surface area contributed by atoms with E-state index < -0.39 is 12.0 Å². The van der Waals surface area contributed by atoms with Gasteiger partial charge >= 0.3 is 5.97 Å². The predicted octanol–water partition coefficient (Wildman–Crippen LogP) is 1.40. The van der Waals surface area contributed by atoms with E-state index in [4.69, 9.17) is 24.7 Å². The lowest BCUT2D eigenvalue weighted by atomic mass is 10.1. The Morgan fingerprint density at radius 2 is 2.06 bits per heavy atom. The smallest absolute Gasteiger partial charge is 0.337 e. The third kappa shape index (κ3) is 4.04. The van der Waals surface area contributed by atoms with Gasteiger partial charge < -0.3 is 30.0 Å². The molecule has 11 heteroatoms. The summed E-state index contributed by atoms with van der Waals surface area (Å²) in [5.41, 5.74) is 8.50. The first-order valence-electron chi connectivity index (χ1n) is 10.7. The summed E-state index contributed by atoms with van der Waals surface area (Å²) in [5, 5.41) is 3.40. The van der Waals surface area contributed by atoms with Crippen molar-refractivity contribution in [3.8, 4) is 0 Å². The van der Waals surface area contributed by atoms with Crippen LogP contribution in [0.1, 0.15) is 36.0 Å². The highest BCUT2D eigenvalue weighted by Gasteiger charge is 2.55. The van der Waals surface area contributed by atoms with Crippen LogP contribution >= 0.6 is 0 Å². The number of nitrogen functional groups attached to an aromatic ring is 1. The van der Waals surface area contributed by atoms with E-state index in [9.17, 15) is 4.79 Å². The molecule has 2 aromatic heterocycles. The summed E-state index contributed by atoms with van der Waals surface area (Å²) in [4.78, 5) is 24.5. The first-order valence-corrected chi connectivity index (χ1v) is 10.7. The molecule has 0 amide bonds. The van der Waals surface area contributed by atoms with Crippen LogP contribution in [0.15, 0.2) is 36.9 Å². The molecule has 0 bridgehead atoms. The maximum Gasteiger partial charge on any atom is 0.337 e. The molecule has 174 valence electrons. The Balaban J connectivity index is 1.32. The molecule has 0 radical (unpaired) electrons. The second kappa shape index (κ2) is 8.34. The van der Waals surface area contributed by atoms with Gasteiger partial charge in [-0.1, -0.05) is 12.1 Å². The van der Waals surface area contributed by atoms with Gasteiger partial charge in [0.25, 0.3) is 0 Å². The molecule has 4 atom stereocenters. The van der Waals surface area contributed by atoms with Crippen molar-refractivity contribution in [1.82, 2.24) is 24.8 Å². The topological polar surface area (TPSA) is 136 Å². The number of fused-ring (bicyclic) bond motifs is 2. The van der Waals surface area contributed by atoms with Crippen LogP contribution in [0.25, 0.3) is 11.2 Å². The molecule has 2 aliphatic heterocycles. The maximum absolute atomic E-state index is 11.8. The van der Waals surface area contributed by atoms with E-state index in [0.29, 0.717) is 35.6 Å². The zero-order valence-corrected chi connectivity index (χ0v) is 18.6. The first kappa shape index (κ1) is 21.7. The van der Waals surface area contributed by atoms with Crippen LogP contribution in [0.4, 0.5) is 5.82 Å². The Bertz CT molecular complexity index is 1180. The minimum absolute atomic E-state index is 0.276. The largest absolute Gasteiger partial charge is 0.465 e. The molecule has 11 nitrogen and oxygen atoms in total. The number of anilines is 1. The van der Waals surface area contributed by atoms with Gasteiger partial charge in [-0.2, -0.15) is 0 Å². The lowest BCUT2D eigenvalue weighted by Crippen LogP contribution is -2.37. The number of imidazole rings is 1. The van der Waals surface area contributed by atoms with Crippen molar-refractivity contribution in [3.05, 3.63) is 48.0 Å².